The summed E-state index contributed by atoms with van der Waals surface area (Å²) in [7, 11) is 0. The van der Waals surface area contributed by atoms with Crippen molar-refractivity contribution in [1.29, 1.82) is 0 Å². The molecule has 4 aromatic rings. The van der Waals surface area contributed by atoms with E-state index in [-0.39, 0.29) is 17.8 Å². The van der Waals surface area contributed by atoms with E-state index in [0.717, 1.165) is 28.3 Å². The molecule has 0 radical (unpaired) electrons. The van der Waals surface area contributed by atoms with Gasteiger partial charge < -0.3 is 5.32 Å². The van der Waals surface area contributed by atoms with Crippen LogP contribution in [0.15, 0.2) is 66.2 Å². The Morgan fingerprint density at radius 1 is 1.12 bits per heavy atom. The zero-order chi connectivity index (χ0) is 23.6. The van der Waals surface area contributed by atoms with Gasteiger partial charge in [-0.15, -0.1) is 11.3 Å². The quantitative estimate of drug-likeness (QED) is 0.289. The topological polar surface area (TPSA) is 54.9 Å². The summed E-state index contributed by atoms with van der Waals surface area (Å²) >= 11 is 7.23. The largest absolute Gasteiger partial charge is 0.417 e. The molecule has 2 heterocycles. The predicted molar refractivity (Wildman–Crippen MR) is 124 cm³/mol. The van der Waals surface area contributed by atoms with Crippen LogP contribution in [0.2, 0.25) is 5.02 Å². The molecule has 2 aromatic heterocycles. The molecule has 0 atom stereocenters. The maximum Gasteiger partial charge on any atom is 0.417 e. The van der Waals surface area contributed by atoms with E-state index >= 15 is 0 Å². The zero-order valence-corrected chi connectivity index (χ0v) is 18.9. The fourth-order valence-corrected chi connectivity index (χ4v) is 4.14. The van der Waals surface area contributed by atoms with E-state index in [2.05, 4.69) is 15.3 Å². The van der Waals surface area contributed by atoms with Crippen LogP contribution in [0.5, 0.6) is 0 Å². The second-order valence-electron chi connectivity index (χ2n) is 7.31. The van der Waals surface area contributed by atoms with Gasteiger partial charge in [0.15, 0.2) is 5.78 Å². The SMILES string of the molecule is Cc1ccc(C(=O)Cc2ccc(Cl)c(C(F)(F)F)c2)cc1Nc1nccc(-c2cccs2)n1. The maximum atomic E-state index is 13.1. The minimum atomic E-state index is -4.59. The number of Topliss-reactive ketones (excluding diaryl/α,β-unsaturated/α-hetero) is 1. The molecule has 2 aromatic carbocycles. The highest BCUT2D eigenvalue weighted by Gasteiger charge is 2.33. The summed E-state index contributed by atoms with van der Waals surface area (Å²) < 4.78 is 39.4. The van der Waals surface area contributed by atoms with E-state index < -0.39 is 16.8 Å². The van der Waals surface area contributed by atoms with Crippen molar-refractivity contribution in [2.75, 3.05) is 5.32 Å². The van der Waals surface area contributed by atoms with Gasteiger partial charge in [0.1, 0.15) is 0 Å². The number of nitrogens with one attached hydrogen (secondary N) is 1. The molecule has 0 aliphatic carbocycles. The van der Waals surface area contributed by atoms with Crippen LogP contribution < -0.4 is 5.32 Å². The van der Waals surface area contributed by atoms with Gasteiger partial charge in [-0.1, -0.05) is 35.9 Å². The fraction of sp³-hybridized carbons (Fsp3) is 0.125. The number of alkyl halides is 3. The molecule has 0 spiro atoms. The number of thiophene rings is 1. The van der Waals surface area contributed by atoms with E-state index in [9.17, 15) is 18.0 Å². The van der Waals surface area contributed by atoms with Crippen LogP contribution in [0.3, 0.4) is 0 Å². The first kappa shape index (κ1) is 22.9. The van der Waals surface area contributed by atoms with E-state index in [4.69, 9.17) is 11.6 Å². The summed E-state index contributed by atoms with van der Waals surface area (Å²) in [5.74, 6) is 0.0582. The molecule has 0 saturated heterocycles. The highest BCUT2D eigenvalue weighted by atomic mass is 35.5. The molecule has 0 unspecified atom stereocenters. The molecule has 168 valence electrons. The molecule has 0 fully saturated rings. The lowest BCUT2D eigenvalue weighted by atomic mass is 9.99. The number of aromatic nitrogens is 2. The van der Waals surface area contributed by atoms with Crippen molar-refractivity contribution >= 4 is 40.4 Å². The molecule has 9 heteroatoms. The number of ketones is 1. The molecule has 0 aliphatic heterocycles. The first-order chi connectivity index (χ1) is 15.7. The van der Waals surface area contributed by atoms with Crippen molar-refractivity contribution < 1.29 is 18.0 Å². The molecule has 33 heavy (non-hydrogen) atoms. The van der Waals surface area contributed by atoms with Crippen LogP contribution in [0, 0.1) is 6.92 Å². The number of benzene rings is 2. The first-order valence-corrected chi connectivity index (χ1v) is 11.1. The molecule has 4 nitrogen and oxygen atoms in total. The van der Waals surface area contributed by atoms with Crippen LogP contribution in [0.4, 0.5) is 24.8 Å². The molecule has 1 N–H and O–H groups in total. The van der Waals surface area contributed by atoms with Gasteiger partial charge in [0.05, 0.1) is 21.2 Å². The lowest BCUT2D eigenvalue weighted by Gasteiger charge is -2.12. The van der Waals surface area contributed by atoms with E-state index in [1.807, 2.05) is 30.5 Å². The normalized spacial score (nSPS) is 11.4. The lowest BCUT2D eigenvalue weighted by Crippen LogP contribution is -2.09. The van der Waals surface area contributed by atoms with Gasteiger partial charge in [-0.3, -0.25) is 4.79 Å². The standard InChI is InChI=1S/C24H17ClF3N3OS/c1-14-4-6-16(21(32)12-15-5-7-18(25)17(11-15)24(26,27)28)13-20(14)31-23-29-9-8-19(30-23)22-3-2-10-33-22/h2-11,13H,12H2,1H3,(H,29,30,31). The molecule has 0 aliphatic rings. The summed E-state index contributed by atoms with van der Waals surface area (Å²) in [5, 5.41) is 4.70. The molecular weight excluding hydrogens is 471 g/mol. The van der Waals surface area contributed by atoms with Crippen LogP contribution in [0.1, 0.15) is 27.0 Å². The Bertz CT molecular complexity index is 1310. The molecule has 0 amide bonds. The Morgan fingerprint density at radius 3 is 2.67 bits per heavy atom. The Hall–Kier alpha value is -3.23. The summed E-state index contributed by atoms with van der Waals surface area (Å²) in [6.07, 6.45) is -3.13. The van der Waals surface area contributed by atoms with Crippen LogP contribution in [-0.2, 0) is 12.6 Å². The number of carbonyl (C=O) groups is 1. The van der Waals surface area contributed by atoms with Crippen molar-refractivity contribution in [3.8, 4) is 10.6 Å². The number of hydrogen-bond donors (Lipinski definition) is 1. The number of anilines is 2. The van der Waals surface area contributed by atoms with Gasteiger partial charge in [0.2, 0.25) is 5.95 Å². The highest BCUT2D eigenvalue weighted by molar-refractivity contribution is 7.13. The molecule has 4 rings (SSSR count). The number of hydrogen-bond acceptors (Lipinski definition) is 5. The van der Waals surface area contributed by atoms with E-state index in [1.165, 1.54) is 6.07 Å². The van der Waals surface area contributed by atoms with Crippen molar-refractivity contribution in [3.63, 3.8) is 0 Å². The Morgan fingerprint density at radius 2 is 1.94 bits per heavy atom. The van der Waals surface area contributed by atoms with Gasteiger partial charge in [-0.2, -0.15) is 13.2 Å². The van der Waals surface area contributed by atoms with Crippen molar-refractivity contribution in [1.82, 2.24) is 9.97 Å². The third-order valence-electron chi connectivity index (χ3n) is 4.94. The first-order valence-electron chi connectivity index (χ1n) is 9.84. The summed E-state index contributed by atoms with van der Waals surface area (Å²) in [5.41, 5.74) is 1.91. The van der Waals surface area contributed by atoms with Gasteiger partial charge in [-0.25, -0.2) is 9.97 Å². The molecule has 0 saturated carbocycles. The minimum Gasteiger partial charge on any atom is -0.324 e. The number of halogens is 4. The maximum absolute atomic E-state index is 13.1. The van der Waals surface area contributed by atoms with Crippen LogP contribution in [0.25, 0.3) is 10.6 Å². The van der Waals surface area contributed by atoms with Gasteiger partial charge >= 0.3 is 6.18 Å². The monoisotopic (exact) mass is 487 g/mol. The molecular formula is C24H17ClF3N3OS. The van der Waals surface area contributed by atoms with Crippen molar-refractivity contribution in [2.24, 2.45) is 0 Å². The highest BCUT2D eigenvalue weighted by Crippen LogP contribution is 2.35. The van der Waals surface area contributed by atoms with E-state index in [0.29, 0.717) is 17.2 Å². The molecule has 0 bridgehead atoms. The third kappa shape index (κ3) is 5.40. The number of aryl methyl sites for hydroxylation is 1. The summed E-state index contributed by atoms with van der Waals surface area (Å²) in [4.78, 5) is 22.6. The Labute approximate surface area is 197 Å². The fourth-order valence-electron chi connectivity index (χ4n) is 3.22. The summed E-state index contributed by atoms with van der Waals surface area (Å²) in [6.45, 7) is 1.87. The number of nitrogens with zero attached hydrogens (tertiary/aromatic N) is 2. The predicted octanol–water partition coefficient (Wildman–Crippen LogP) is 7.35. The van der Waals surface area contributed by atoms with Gasteiger partial charge in [0.25, 0.3) is 0 Å². The zero-order valence-electron chi connectivity index (χ0n) is 17.3. The minimum absolute atomic E-state index is 0.187. The van der Waals surface area contributed by atoms with Crippen LogP contribution >= 0.6 is 22.9 Å². The summed E-state index contributed by atoms with van der Waals surface area (Å²) in [6, 6.07) is 14.3. The average molecular weight is 488 g/mol. The smallest absolute Gasteiger partial charge is 0.324 e. The van der Waals surface area contributed by atoms with Gasteiger partial charge in [-0.05, 0) is 53.8 Å². The Kier molecular flexibility index (Phi) is 6.49. The third-order valence-corrected chi connectivity index (χ3v) is 6.16. The number of carbonyl (C=O) groups excluding carboxylic acids is 1. The van der Waals surface area contributed by atoms with Crippen molar-refractivity contribution in [2.45, 2.75) is 19.5 Å². The average Bonchev–Trinajstić information content (AvgIpc) is 3.31. The van der Waals surface area contributed by atoms with E-state index in [1.54, 1.807) is 35.7 Å². The second-order valence-corrected chi connectivity index (χ2v) is 8.66. The van der Waals surface area contributed by atoms with Crippen LogP contribution in [-0.4, -0.2) is 15.8 Å². The Balaban J connectivity index is 1.55. The second kappa shape index (κ2) is 9.33. The van der Waals surface area contributed by atoms with Gasteiger partial charge in [0, 0.05) is 23.9 Å². The lowest BCUT2D eigenvalue weighted by molar-refractivity contribution is -0.137. The van der Waals surface area contributed by atoms with Crippen molar-refractivity contribution in [3.05, 3.63) is 93.5 Å². The number of rotatable bonds is 6.